The largest absolute Gasteiger partial charge is 0.348 e. The molecule has 0 aliphatic heterocycles. The minimum Gasteiger partial charge on any atom is -0.348 e. The summed E-state index contributed by atoms with van der Waals surface area (Å²) in [6, 6.07) is 20.5. The highest BCUT2D eigenvalue weighted by Gasteiger charge is 2.12. The smallest absolute Gasteiger partial charge is 0.253 e. The summed E-state index contributed by atoms with van der Waals surface area (Å²) in [5.41, 5.74) is 4.34. The molecule has 4 nitrogen and oxygen atoms in total. The van der Waals surface area contributed by atoms with Gasteiger partial charge in [0.05, 0.1) is 22.1 Å². The van der Waals surface area contributed by atoms with Crippen LogP contribution >= 0.6 is 11.6 Å². The fourth-order valence-electron chi connectivity index (χ4n) is 2.75. The molecule has 1 amide bonds. The van der Waals surface area contributed by atoms with Crippen molar-refractivity contribution in [2.24, 2.45) is 0 Å². The van der Waals surface area contributed by atoms with Crippen molar-refractivity contribution in [2.75, 3.05) is 0 Å². The van der Waals surface area contributed by atoms with Gasteiger partial charge in [-0.25, -0.2) is 9.97 Å². The lowest BCUT2D eigenvalue weighted by molar-refractivity contribution is 0.0952. The molecule has 1 aromatic heterocycles. The first kappa shape index (κ1) is 15.5. The highest BCUT2D eigenvalue weighted by atomic mass is 35.5. The molecule has 0 fully saturated rings. The van der Waals surface area contributed by atoms with Gasteiger partial charge in [-0.15, -0.1) is 0 Å². The lowest BCUT2D eigenvalue weighted by Gasteiger charge is -2.08. The molecule has 0 atom stereocenters. The number of carbonyl (C=O) groups excluding carboxylic acids is 1. The van der Waals surface area contributed by atoms with Crippen LogP contribution in [0.2, 0.25) is 5.02 Å². The van der Waals surface area contributed by atoms with E-state index in [1.54, 1.807) is 12.1 Å². The van der Waals surface area contributed by atoms with E-state index in [4.69, 9.17) is 11.6 Å². The van der Waals surface area contributed by atoms with E-state index in [1.165, 1.54) is 0 Å². The summed E-state index contributed by atoms with van der Waals surface area (Å²) in [5.74, 6) is -0.185. The van der Waals surface area contributed by atoms with Crippen LogP contribution in [-0.4, -0.2) is 15.9 Å². The fraction of sp³-hybridized carbons (Fsp3) is 0.0500. The van der Waals surface area contributed by atoms with Gasteiger partial charge in [-0.1, -0.05) is 41.9 Å². The topological polar surface area (TPSA) is 54.9 Å². The Morgan fingerprint density at radius 2 is 1.60 bits per heavy atom. The van der Waals surface area contributed by atoms with Crippen LogP contribution in [0.1, 0.15) is 15.9 Å². The number of benzene rings is 3. The summed E-state index contributed by atoms with van der Waals surface area (Å²) in [6.07, 6.45) is 0. The fourth-order valence-corrected chi connectivity index (χ4v) is 2.96. The Morgan fingerprint density at radius 1 is 0.880 bits per heavy atom. The average Bonchev–Trinajstić information content (AvgIpc) is 2.64. The molecule has 0 radical (unpaired) electrons. The maximum absolute atomic E-state index is 12.6. The van der Waals surface area contributed by atoms with Crippen LogP contribution in [0.25, 0.3) is 22.1 Å². The molecule has 3 aromatic carbocycles. The van der Waals surface area contributed by atoms with Crippen molar-refractivity contribution in [3.63, 3.8) is 0 Å². The zero-order valence-corrected chi connectivity index (χ0v) is 14.0. The van der Waals surface area contributed by atoms with Crippen molar-refractivity contribution >= 4 is 39.6 Å². The lowest BCUT2D eigenvalue weighted by atomic mass is 10.1. The molecule has 4 aromatic rings. The quantitative estimate of drug-likeness (QED) is 0.560. The van der Waals surface area contributed by atoms with Crippen LogP contribution in [0.4, 0.5) is 0 Å². The Bertz CT molecular complexity index is 1090. The summed E-state index contributed by atoms with van der Waals surface area (Å²) < 4.78 is 0. The van der Waals surface area contributed by atoms with E-state index in [9.17, 15) is 4.79 Å². The van der Waals surface area contributed by atoms with Crippen molar-refractivity contribution in [1.82, 2.24) is 15.3 Å². The van der Waals surface area contributed by atoms with E-state index >= 15 is 0 Å². The third-order valence-electron chi connectivity index (χ3n) is 3.96. The first-order valence-electron chi connectivity index (χ1n) is 7.89. The number of fused-ring (bicyclic) bond motifs is 2. The molecular formula is C20H14ClN3O. The second kappa shape index (κ2) is 6.49. The highest BCUT2D eigenvalue weighted by molar-refractivity contribution is 6.30. The maximum Gasteiger partial charge on any atom is 0.253 e. The van der Waals surface area contributed by atoms with Crippen LogP contribution < -0.4 is 5.32 Å². The number of carbonyl (C=O) groups is 1. The normalized spacial score (nSPS) is 10.9. The first-order valence-corrected chi connectivity index (χ1v) is 8.27. The SMILES string of the molecule is O=C(NCc1cccc(Cl)c1)c1cccc2nc3ccccc3nc12. The van der Waals surface area contributed by atoms with Crippen molar-refractivity contribution in [3.05, 3.63) is 82.9 Å². The highest BCUT2D eigenvalue weighted by Crippen LogP contribution is 2.19. The second-order valence-electron chi connectivity index (χ2n) is 5.70. The summed E-state index contributed by atoms with van der Waals surface area (Å²) in [6.45, 7) is 0.400. The first-order chi connectivity index (χ1) is 12.2. The molecule has 0 aliphatic carbocycles. The lowest BCUT2D eigenvalue weighted by Crippen LogP contribution is -2.23. The van der Waals surface area contributed by atoms with Crippen LogP contribution in [0.3, 0.4) is 0 Å². The summed E-state index contributed by atoms with van der Waals surface area (Å²) in [4.78, 5) is 21.9. The van der Waals surface area contributed by atoms with E-state index in [-0.39, 0.29) is 5.91 Å². The molecular weight excluding hydrogens is 334 g/mol. The summed E-state index contributed by atoms with van der Waals surface area (Å²) >= 11 is 5.98. The van der Waals surface area contributed by atoms with E-state index < -0.39 is 0 Å². The Hall–Kier alpha value is -2.98. The molecule has 0 saturated carbocycles. The predicted octanol–water partition coefficient (Wildman–Crippen LogP) is 4.37. The van der Waals surface area contributed by atoms with Gasteiger partial charge in [-0.3, -0.25) is 4.79 Å². The zero-order valence-electron chi connectivity index (χ0n) is 13.2. The van der Waals surface area contributed by atoms with Crippen molar-refractivity contribution in [3.8, 4) is 0 Å². The number of nitrogens with zero attached hydrogens (tertiary/aromatic N) is 2. The Labute approximate surface area is 149 Å². The number of nitrogens with one attached hydrogen (secondary N) is 1. The minimum atomic E-state index is -0.185. The number of para-hydroxylation sites is 3. The van der Waals surface area contributed by atoms with Crippen LogP contribution in [-0.2, 0) is 6.54 Å². The third-order valence-corrected chi connectivity index (χ3v) is 4.19. The molecule has 0 unspecified atom stereocenters. The van der Waals surface area contributed by atoms with E-state index in [0.717, 1.165) is 16.6 Å². The average molecular weight is 348 g/mol. The maximum atomic E-state index is 12.6. The number of aromatic nitrogens is 2. The summed E-state index contributed by atoms with van der Waals surface area (Å²) in [5, 5.41) is 3.56. The van der Waals surface area contributed by atoms with Crippen LogP contribution in [0.5, 0.6) is 0 Å². The van der Waals surface area contributed by atoms with Crippen molar-refractivity contribution < 1.29 is 4.79 Å². The monoisotopic (exact) mass is 347 g/mol. The van der Waals surface area contributed by atoms with Gasteiger partial charge in [-0.2, -0.15) is 0 Å². The second-order valence-corrected chi connectivity index (χ2v) is 6.13. The molecule has 1 heterocycles. The Balaban J connectivity index is 1.68. The van der Waals surface area contributed by atoms with Gasteiger partial charge < -0.3 is 5.32 Å². The number of hydrogen-bond acceptors (Lipinski definition) is 3. The van der Waals surface area contributed by atoms with Gasteiger partial charge in [0.2, 0.25) is 0 Å². The van der Waals surface area contributed by atoms with Gasteiger partial charge in [0.25, 0.3) is 5.91 Å². The van der Waals surface area contributed by atoms with E-state index in [2.05, 4.69) is 15.3 Å². The third kappa shape index (κ3) is 3.16. The molecule has 4 rings (SSSR count). The molecule has 122 valence electrons. The van der Waals surface area contributed by atoms with Gasteiger partial charge >= 0.3 is 0 Å². The standard InChI is InChI=1S/C20H14ClN3O/c21-14-6-3-5-13(11-14)12-22-20(25)15-7-4-10-18-19(15)24-17-9-2-1-8-16(17)23-18/h1-11H,12H2,(H,22,25). The predicted molar refractivity (Wildman–Crippen MR) is 99.7 cm³/mol. The van der Waals surface area contributed by atoms with Gasteiger partial charge in [-0.05, 0) is 42.0 Å². The molecule has 0 bridgehead atoms. The number of halogens is 1. The minimum absolute atomic E-state index is 0.185. The number of rotatable bonds is 3. The van der Waals surface area contributed by atoms with Crippen molar-refractivity contribution in [1.29, 1.82) is 0 Å². The molecule has 0 saturated heterocycles. The molecule has 0 spiro atoms. The van der Waals surface area contributed by atoms with Crippen molar-refractivity contribution in [2.45, 2.75) is 6.54 Å². The van der Waals surface area contributed by atoms with Gasteiger partial charge in [0.15, 0.2) is 0 Å². The molecule has 1 N–H and O–H groups in total. The zero-order chi connectivity index (χ0) is 17.2. The van der Waals surface area contributed by atoms with E-state index in [0.29, 0.717) is 28.2 Å². The molecule has 0 aliphatic rings. The summed E-state index contributed by atoms with van der Waals surface area (Å²) in [7, 11) is 0. The van der Waals surface area contributed by atoms with Crippen LogP contribution in [0, 0.1) is 0 Å². The van der Waals surface area contributed by atoms with E-state index in [1.807, 2.05) is 54.6 Å². The van der Waals surface area contributed by atoms with Gasteiger partial charge in [0, 0.05) is 11.6 Å². The van der Waals surface area contributed by atoms with Gasteiger partial charge in [0.1, 0.15) is 5.52 Å². The molecule has 25 heavy (non-hydrogen) atoms. The number of hydrogen-bond donors (Lipinski definition) is 1. The van der Waals surface area contributed by atoms with Crippen LogP contribution in [0.15, 0.2) is 66.7 Å². The molecule has 5 heteroatoms. The Morgan fingerprint density at radius 3 is 2.40 bits per heavy atom. The Kier molecular flexibility index (Phi) is 4.04. The number of amides is 1.